The molecule has 0 aliphatic carbocycles. The van der Waals surface area contributed by atoms with Crippen LogP contribution in [0.1, 0.15) is 45.3 Å². The molecular weight excluding hydrogens is 324 g/mol. The van der Waals surface area contributed by atoms with Crippen LogP contribution >= 0.6 is 0 Å². The SMILES string of the molecule is Cc1cccc(C(=O)N2N=C(c3ccco3)CC2c2cccc(C)c2)c1. The van der Waals surface area contributed by atoms with Gasteiger partial charge in [-0.25, -0.2) is 5.01 Å². The van der Waals surface area contributed by atoms with E-state index in [1.165, 1.54) is 0 Å². The van der Waals surface area contributed by atoms with Crippen LogP contribution in [0.2, 0.25) is 0 Å². The summed E-state index contributed by atoms with van der Waals surface area (Å²) in [7, 11) is 0. The van der Waals surface area contributed by atoms with E-state index in [1.54, 1.807) is 11.3 Å². The van der Waals surface area contributed by atoms with Crippen molar-refractivity contribution in [1.82, 2.24) is 5.01 Å². The Hall–Kier alpha value is -3.14. The molecule has 0 saturated heterocycles. The number of hydrogen-bond donors (Lipinski definition) is 0. The predicted molar refractivity (Wildman–Crippen MR) is 101 cm³/mol. The second-order valence-electron chi connectivity index (χ2n) is 6.68. The molecule has 130 valence electrons. The number of aryl methyl sites for hydroxylation is 2. The molecule has 3 aromatic rings. The van der Waals surface area contributed by atoms with E-state index in [4.69, 9.17) is 4.42 Å². The maximum absolute atomic E-state index is 13.2. The molecule has 0 bridgehead atoms. The van der Waals surface area contributed by atoms with Gasteiger partial charge in [0.25, 0.3) is 5.91 Å². The van der Waals surface area contributed by atoms with Gasteiger partial charge in [-0.3, -0.25) is 4.79 Å². The van der Waals surface area contributed by atoms with E-state index >= 15 is 0 Å². The van der Waals surface area contributed by atoms with E-state index in [9.17, 15) is 4.79 Å². The van der Waals surface area contributed by atoms with Crippen molar-refractivity contribution >= 4 is 11.6 Å². The Bertz CT molecular complexity index is 973. The quantitative estimate of drug-likeness (QED) is 0.679. The van der Waals surface area contributed by atoms with Gasteiger partial charge in [-0.2, -0.15) is 5.10 Å². The van der Waals surface area contributed by atoms with Crippen molar-refractivity contribution < 1.29 is 9.21 Å². The fourth-order valence-electron chi connectivity index (χ4n) is 3.34. The number of carbonyl (C=O) groups is 1. The number of hydrazone groups is 1. The summed E-state index contributed by atoms with van der Waals surface area (Å²) < 4.78 is 5.51. The van der Waals surface area contributed by atoms with Crippen molar-refractivity contribution in [2.24, 2.45) is 5.10 Å². The lowest BCUT2D eigenvalue weighted by Gasteiger charge is -2.22. The molecule has 4 nitrogen and oxygen atoms in total. The van der Waals surface area contributed by atoms with Gasteiger partial charge in [0, 0.05) is 12.0 Å². The van der Waals surface area contributed by atoms with Crippen molar-refractivity contribution in [3.05, 3.63) is 94.9 Å². The Morgan fingerprint density at radius 3 is 2.50 bits per heavy atom. The lowest BCUT2D eigenvalue weighted by atomic mass is 9.99. The molecule has 2 heterocycles. The van der Waals surface area contributed by atoms with E-state index < -0.39 is 0 Å². The summed E-state index contributed by atoms with van der Waals surface area (Å²) in [5.41, 5.74) is 4.74. The number of benzene rings is 2. The van der Waals surface area contributed by atoms with Crippen molar-refractivity contribution in [2.75, 3.05) is 0 Å². The molecule has 1 atom stereocenters. The number of carbonyl (C=O) groups excluding carboxylic acids is 1. The highest BCUT2D eigenvalue weighted by molar-refractivity contribution is 6.03. The van der Waals surface area contributed by atoms with Crippen LogP contribution in [0.5, 0.6) is 0 Å². The molecule has 1 amide bonds. The molecule has 4 heteroatoms. The smallest absolute Gasteiger partial charge is 0.274 e. The van der Waals surface area contributed by atoms with Crippen molar-refractivity contribution in [1.29, 1.82) is 0 Å². The zero-order valence-corrected chi connectivity index (χ0v) is 14.8. The first kappa shape index (κ1) is 16.3. The third kappa shape index (κ3) is 3.06. The fourth-order valence-corrected chi connectivity index (χ4v) is 3.34. The highest BCUT2D eigenvalue weighted by atomic mass is 16.3. The molecule has 4 rings (SSSR count). The van der Waals surface area contributed by atoms with Gasteiger partial charge in [-0.1, -0.05) is 47.5 Å². The largest absolute Gasteiger partial charge is 0.463 e. The average Bonchev–Trinajstić information content (AvgIpc) is 3.30. The summed E-state index contributed by atoms with van der Waals surface area (Å²) in [5.74, 6) is 0.615. The normalized spacial score (nSPS) is 16.6. The topological polar surface area (TPSA) is 45.8 Å². The number of rotatable bonds is 3. The Labute approximate surface area is 152 Å². The zero-order chi connectivity index (χ0) is 18.1. The third-order valence-electron chi connectivity index (χ3n) is 4.62. The van der Waals surface area contributed by atoms with Crippen molar-refractivity contribution in [3.63, 3.8) is 0 Å². The molecule has 0 spiro atoms. The van der Waals surface area contributed by atoms with Crippen LogP contribution in [-0.4, -0.2) is 16.6 Å². The van der Waals surface area contributed by atoms with Crippen LogP contribution in [0.3, 0.4) is 0 Å². The molecule has 1 aliphatic rings. The minimum absolute atomic E-state index is 0.0956. The average molecular weight is 344 g/mol. The van der Waals surface area contributed by atoms with Crippen LogP contribution in [-0.2, 0) is 0 Å². The number of hydrogen-bond acceptors (Lipinski definition) is 3. The molecule has 1 aliphatic heterocycles. The summed E-state index contributed by atoms with van der Waals surface area (Å²) in [6.45, 7) is 4.04. The van der Waals surface area contributed by atoms with Crippen LogP contribution in [0, 0.1) is 13.8 Å². The Kier molecular flexibility index (Phi) is 4.17. The summed E-state index contributed by atoms with van der Waals surface area (Å²) in [4.78, 5) is 13.2. The molecule has 26 heavy (non-hydrogen) atoms. The summed E-state index contributed by atoms with van der Waals surface area (Å²) in [6, 6.07) is 19.4. The van der Waals surface area contributed by atoms with Crippen molar-refractivity contribution in [3.8, 4) is 0 Å². The number of furan rings is 1. The molecule has 0 saturated carbocycles. The minimum Gasteiger partial charge on any atom is -0.463 e. The summed E-state index contributed by atoms with van der Waals surface area (Å²) >= 11 is 0. The van der Waals surface area contributed by atoms with Gasteiger partial charge in [0.05, 0.1) is 12.3 Å². The predicted octanol–water partition coefficient (Wildman–Crippen LogP) is 4.89. The highest BCUT2D eigenvalue weighted by Gasteiger charge is 2.34. The van der Waals surface area contributed by atoms with E-state index in [-0.39, 0.29) is 11.9 Å². The zero-order valence-electron chi connectivity index (χ0n) is 14.8. The van der Waals surface area contributed by atoms with Gasteiger partial charge in [-0.15, -0.1) is 0 Å². The lowest BCUT2D eigenvalue weighted by molar-refractivity contribution is 0.0711. The Morgan fingerprint density at radius 1 is 1.04 bits per heavy atom. The third-order valence-corrected chi connectivity index (χ3v) is 4.62. The standard InChI is InChI=1S/C22H20N2O2/c1-15-6-3-8-17(12-15)20-14-19(21-10-5-11-26-21)23-24(20)22(25)18-9-4-7-16(2)13-18/h3-13,20H,14H2,1-2H3. The van der Waals surface area contributed by atoms with E-state index in [2.05, 4.69) is 30.2 Å². The minimum atomic E-state index is -0.136. The summed E-state index contributed by atoms with van der Waals surface area (Å²) in [5, 5.41) is 6.23. The lowest BCUT2D eigenvalue weighted by Crippen LogP contribution is -2.27. The molecule has 1 aromatic heterocycles. The molecule has 0 N–H and O–H groups in total. The second kappa shape index (κ2) is 6.64. The van der Waals surface area contributed by atoms with Crippen LogP contribution in [0.15, 0.2) is 76.4 Å². The molecule has 2 aromatic carbocycles. The fraction of sp³-hybridized carbons (Fsp3) is 0.182. The van der Waals surface area contributed by atoms with Crippen molar-refractivity contribution in [2.45, 2.75) is 26.3 Å². The number of nitrogens with zero attached hydrogens (tertiary/aromatic N) is 2. The molecule has 1 unspecified atom stereocenters. The summed E-state index contributed by atoms with van der Waals surface area (Å²) in [6.07, 6.45) is 2.26. The van der Waals surface area contributed by atoms with Gasteiger partial charge < -0.3 is 4.42 Å². The maximum atomic E-state index is 13.2. The van der Waals surface area contributed by atoms with Gasteiger partial charge in [-0.05, 0) is 43.7 Å². The van der Waals surface area contributed by atoms with E-state index in [0.717, 1.165) is 22.4 Å². The van der Waals surface area contributed by atoms with Crippen LogP contribution in [0.4, 0.5) is 0 Å². The monoisotopic (exact) mass is 344 g/mol. The maximum Gasteiger partial charge on any atom is 0.274 e. The second-order valence-corrected chi connectivity index (χ2v) is 6.68. The van der Waals surface area contributed by atoms with Crippen LogP contribution < -0.4 is 0 Å². The highest BCUT2D eigenvalue weighted by Crippen LogP contribution is 2.34. The Balaban J connectivity index is 1.74. The Morgan fingerprint density at radius 2 is 1.81 bits per heavy atom. The first-order valence-corrected chi connectivity index (χ1v) is 8.70. The van der Waals surface area contributed by atoms with Gasteiger partial charge in [0.15, 0.2) is 0 Å². The van der Waals surface area contributed by atoms with Gasteiger partial charge in [0.2, 0.25) is 0 Å². The molecular formula is C22H20N2O2. The molecule has 0 fully saturated rings. The number of amides is 1. The van der Waals surface area contributed by atoms with E-state index in [0.29, 0.717) is 17.7 Å². The van der Waals surface area contributed by atoms with Gasteiger partial charge in [0.1, 0.15) is 11.5 Å². The van der Waals surface area contributed by atoms with E-state index in [1.807, 2.05) is 49.4 Å². The first-order valence-electron chi connectivity index (χ1n) is 8.70. The molecule has 0 radical (unpaired) electrons. The van der Waals surface area contributed by atoms with Crippen LogP contribution in [0.25, 0.3) is 0 Å². The van der Waals surface area contributed by atoms with Gasteiger partial charge >= 0.3 is 0 Å². The first-order chi connectivity index (χ1) is 12.6.